The van der Waals surface area contributed by atoms with Crippen molar-refractivity contribution in [2.24, 2.45) is 0 Å². The zero-order valence-corrected chi connectivity index (χ0v) is 14.8. The Bertz CT molecular complexity index is 1020. The molecule has 0 amide bonds. The third-order valence-corrected chi connectivity index (χ3v) is 5.47. The predicted molar refractivity (Wildman–Crippen MR) is 92.7 cm³/mol. The molecule has 3 heterocycles. The number of aromatic nitrogens is 6. The first kappa shape index (κ1) is 14.4. The molecule has 114 valence electrons. The van der Waals surface area contributed by atoms with Gasteiger partial charge in [0.05, 0.1) is 5.39 Å². The van der Waals surface area contributed by atoms with Gasteiger partial charge >= 0.3 is 0 Å². The van der Waals surface area contributed by atoms with Crippen LogP contribution in [0, 0.1) is 13.8 Å². The van der Waals surface area contributed by atoms with E-state index in [9.17, 15) is 0 Å². The zero-order chi connectivity index (χ0) is 16.0. The van der Waals surface area contributed by atoms with Crippen molar-refractivity contribution in [1.29, 1.82) is 0 Å². The van der Waals surface area contributed by atoms with E-state index in [0.717, 1.165) is 25.8 Å². The maximum atomic E-state index is 4.49. The van der Waals surface area contributed by atoms with Gasteiger partial charge in [-0.2, -0.15) is 0 Å². The van der Waals surface area contributed by atoms with Crippen molar-refractivity contribution in [3.05, 3.63) is 45.5 Å². The Morgan fingerprint density at radius 2 is 1.96 bits per heavy atom. The summed E-state index contributed by atoms with van der Waals surface area (Å²) in [6, 6.07) is 7.78. The SMILES string of the molecule is Cc1sc2ncnc(-n3nnc(-c4ccccc4Br)n3)c2c1C. The summed E-state index contributed by atoms with van der Waals surface area (Å²) < 4.78 is 0.926. The number of halogens is 1. The average Bonchev–Trinajstić information content (AvgIpc) is 3.14. The third-order valence-electron chi connectivity index (χ3n) is 3.66. The van der Waals surface area contributed by atoms with E-state index in [4.69, 9.17) is 0 Å². The van der Waals surface area contributed by atoms with Crippen molar-refractivity contribution >= 4 is 37.5 Å². The van der Waals surface area contributed by atoms with Crippen molar-refractivity contribution in [3.63, 3.8) is 0 Å². The van der Waals surface area contributed by atoms with Crippen LogP contribution in [0.2, 0.25) is 0 Å². The van der Waals surface area contributed by atoms with Gasteiger partial charge in [-0.25, -0.2) is 9.97 Å². The second kappa shape index (κ2) is 5.47. The number of benzene rings is 1. The first-order valence-electron chi connectivity index (χ1n) is 6.91. The van der Waals surface area contributed by atoms with Gasteiger partial charge in [0.2, 0.25) is 5.82 Å². The van der Waals surface area contributed by atoms with E-state index in [1.165, 1.54) is 16.0 Å². The van der Waals surface area contributed by atoms with Crippen LogP contribution in [0.15, 0.2) is 35.1 Å². The van der Waals surface area contributed by atoms with Gasteiger partial charge < -0.3 is 0 Å². The Hall–Kier alpha value is -2.19. The molecule has 6 nitrogen and oxygen atoms in total. The molecule has 0 aliphatic rings. The second-order valence-corrected chi connectivity index (χ2v) is 7.10. The molecule has 0 fully saturated rings. The topological polar surface area (TPSA) is 69.4 Å². The van der Waals surface area contributed by atoms with Crippen LogP contribution >= 0.6 is 27.3 Å². The molecule has 0 aliphatic carbocycles. The highest BCUT2D eigenvalue weighted by molar-refractivity contribution is 9.10. The van der Waals surface area contributed by atoms with Crippen molar-refractivity contribution in [2.45, 2.75) is 13.8 Å². The van der Waals surface area contributed by atoms with Crippen LogP contribution in [0.3, 0.4) is 0 Å². The Balaban J connectivity index is 1.89. The Labute approximate surface area is 144 Å². The highest BCUT2D eigenvalue weighted by atomic mass is 79.9. The molecule has 4 aromatic rings. The molecule has 23 heavy (non-hydrogen) atoms. The summed E-state index contributed by atoms with van der Waals surface area (Å²) in [6.45, 7) is 4.14. The van der Waals surface area contributed by atoms with Crippen LogP contribution < -0.4 is 0 Å². The van der Waals surface area contributed by atoms with E-state index in [1.54, 1.807) is 11.3 Å². The molecule has 0 unspecified atom stereocenters. The summed E-state index contributed by atoms with van der Waals surface area (Å²) in [5, 5.41) is 13.8. The van der Waals surface area contributed by atoms with Crippen LogP contribution in [-0.2, 0) is 0 Å². The minimum Gasteiger partial charge on any atom is -0.225 e. The van der Waals surface area contributed by atoms with Crippen molar-refractivity contribution in [3.8, 4) is 17.2 Å². The molecule has 0 saturated carbocycles. The molecule has 0 N–H and O–H groups in total. The first-order chi connectivity index (χ1) is 11.1. The molecule has 8 heteroatoms. The maximum Gasteiger partial charge on any atom is 0.206 e. The van der Waals surface area contributed by atoms with Crippen molar-refractivity contribution in [2.75, 3.05) is 0 Å². The maximum absolute atomic E-state index is 4.49. The van der Waals surface area contributed by atoms with E-state index in [2.05, 4.69) is 55.2 Å². The zero-order valence-electron chi connectivity index (χ0n) is 12.4. The molecular weight excluding hydrogens is 376 g/mol. The summed E-state index contributed by atoms with van der Waals surface area (Å²) in [4.78, 5) is 12.3. The number of aryl methyl sites for hydroxylation is 2. The van der Waals surface area contributed by atoms with Gasteiger partial charge in [-0.15, -0.1) is 26.3 Å². The number of fused-ring (bicyclic) bond motifs is 1. The van der Waals surface area contributed by atoms with E-state index >= 15 is 0 Å². The lowest BCUT2D eigenvalue weighted by molar-refractivity contribution is 0.704. The molecule has 0 spiro atoms. The van der Waals surface area contributed by atoms with Crippen LogP contribution in [-0.4, -0.2) is 30.2 Å². The Morgan fingerprint density at radius 3 is 2.78 bits per heavy atom. The number of tetrazole rings is 1. The molecule has 4 rings (SSSR count). The summed E-state index contributed by atoms with van der Waals surface area (Å²) in [5.74, 6) is 1.21. The fourth-order valence-corrected chi connectivity index (χ4v) is 3.82. The minimum absolute atomic E-state index is 0.550. The van der Waals surface area contributed by atoms with Crippen molar-refractivity contribution < 1.29 is 0 Å². The van der Waals surface area contributed by atoms with Gasteiger partial charge in [0.25, 0.3) is 0 Å². The van der Waals surface area contributed by atoms with Gasteiger partial charge in [-0.1, -0.05) is 28.1 Å². The summed E-state index contributed by atoms with van der Waals surface area (Å²) in [6.07, 6.45) is 1.54. The molecule has 1 aromatic carbocycles. The number of hydrogen-bond acceptors (Lipinski definition) is 6. The minimum atomic E-state index is 0.550. The molecular formula is C15H11BrN6S. The molecule has 0 radical (unpaired) electrons. The van der Waals surface area contributed by atoms with E-state index in [1.807, 2.05) is 24.3 Å². The third kappa shape index (κ3) is 2.34. The summed E-state index contributed by atoms with van der Waals surface area (Å²) in [7, 11) is 0. The second-order valence-electron chi connectivity index (χ2n) is 5.04. The fraction of sp³-hybridized carbons (Fsp3) is 0.133. The van der Waals surface area contributed by atoms with E-state index in [0.29, 0.717) is 11.6 Å². The molecule has 3 aromatic heterocycles. The number of thiophene rings is 1. The highest BCUT2D eigenvalue weighted by Gasteiger charge is 2.16. The van der Waals surface area contributed by atoms with E-state index in [-0.39, 0.29) is 0 Å². The largest absolute Gasteiger partial charge is 0.225 e. The van der Waals surface area contributed by atoms with E-state index < -0.39 is 0 Å². The fourth-order valence-electron chi connectivity index (χ4n) is 2.37. The number of rotatable bonds is 2. The normalized spacial score (nSPS) is 11.3. The van der Waals surface area contributed by atoms with Crippen molar-refractivity contribution in [1.82, 2.24) is 30.2 Å². The van der Waals surface area contributed by atoms with Crippen LogP contribution in [0.25, 0.3) is 27.4 Å². The summed E-state index contributed by atoms with van der Waals surface area (Å²) in [5.41, 5.74) is 2.04. The predicted octanol–water partition coefficient (Wildman–Crippen LogP) is 3.71. The molecule has 0 bridgehead atoms. The first-order valence-corrected chi connectivity index (χ1v) is 8.52. The Morgan fingerprint density at radius 1 is 1.13 bits per heavy atom. The molecule has 0 saturated heterocycles. The molecule has 0 aliphatic heterocycles. The smallest absolute Gasteiger partial charge is 0.206 e. The van der Waals surface area contributed by atoms with Gasteiger partial charge in [0, 0.05) is 14.9 Å². The number of hydrogen-bond donors (Lipinski definition) is 0. The lowest BCUT2D eigenvalue weighted by atomic mass is 10.2. The monoisotopic (exact) mass is 386 g/mol. The van der Waals surface area contributed by atoms with Crippen LogP contribution in [0.4, 0.5) is 0 Å². The van der Waals surface area contributed by atoms with Gasteiger partial charge in [-0.05, 0) is 36.8 Å². The lowest BCUT2D eigenvalue weighted by Gasteiger charge is -2.00. The van der Waals surface area contributed by atoms with Crippen LogP contribution in [0.1, 0.15) is 10.4 Å². The quantitative estimate of drug-likeness (QED) is 0.525. The average molecular weight is 387 g/mol. The summed E-state index contributed by atoms with van der Waals surface area (Å²) >= 11 is 5.16. The molecule has 0 atom stereocenters. The number of nitrogens with zero attached hydrogens (tertiary/aromatic N) is 6. The van der Waals surface area contributed by atoms with Gasteiger partial charge in [0.1, 0.15) is 11.2 Å². The lowest BCUT2D eigenvalue weighted by Crippen LogP contribution is -2.03. The highest BCUT2D eigenvalue weighted by Crippen LogP contribution is 2.31. The van der Waals surface area contributed by atoms with Gasteiger partial charge in [-0.3, -0.25) is 0 Å². The Kier molecular flexibility index (Phi) is 3.42. The van der Waals surface area contributed by atoms with Gasteiger partial charge in [0.15, 0.2) is 5.82 Å². The standard InChI is InChI=1S/C15H11BrN6S/c1-8-9(2)23-15-12(8)14(17-7-18-15)22-20-13(19-21-22)10-5-3-4-6-11(10)16/h3-7H,1-2H3. The van der Waals surface area contributed by atoms with Crippen LogP contribution in [0.5, 0.6) is 0 Å².